The molecule has 6 nitrogen and oxygen atoms in total. The fourth-order valence-corrected chi connectivity index (χ4v) is 2.94. The Balaban J connectivity index is 1.53. The van der Waals surface area contributed by atoms with Crippen molar-refractivity contribution < 1.29 is 18.0 Å². The van der Waals surface area contributed by atoms with Crippen molar-refractivity contribution in [2.75, 3.05) is 6.54 Å². The number of nitrogens with zero attached hydrogens (tertiary/aromatic N) is 3. The van der Waals surface area contributed by atoms with E-state index in [1.807, 2.05) is 0 Å². The van der Waals surface area contributed by atoms with E-state index in [-0.39, 0.29) is 24.7 Å². The zero-order valence-corrected chi connectivity index (χ0v) is 16.7. The Morgan fingerprint density at radius 2 is 1.97 bits per heavy atom. The van der Waals surface area contributed by atoms with Crippen molar-refractivity contribution in [1.29, 1.82) is 0 Å². The van der Waals surface area contributed by atoms with Crippen LogP contribution in [-0.4, -0.2) is 32.4 Å². The molecule has 11 heteroatoms. The second-order valence-corrected chi connectivity index (χ2v) is 7.11. The molecule has 29 heavy (non-hydrogen) atoms. The number of hydrogen-bond acceptors (Lipinski definition) is 3. The molecule has 0 aliphatic rings. The van der Waals surface area contributed by atoms with Crippen molar-refractivity contribution in [2.24, 2.45) is 0 Å². The summed E-state index contributed by atoms with van der Waals surface area (Å²) in [7, 11) is 0. The lowest BCUT2D eigenvalue weighted by atomic mass is 10.1. The van der Waals surface area contributed by atoms with Crippen LogP contribution in [0, 0.1) is 6.92 Å². The summed E-state index contributed by atoms with van der Waals surface area (Å²) >= 11 is 11.9. The van der Waals surface area contributed by atoms with Crippen molar-refractivity contribution in [1.82, 2.24) is 25.3 Å². The maximum Gasteiger partial charge on any atom is 0.435 e. The summed E-state index contributed by atoms with van der Waals surface area (Å²) in [5.41, 5.74) is 0.959. The minimum absolute atomic E-state index is 0.250. The molecule has 3 aromatic rings. The smallest absolute Gasteiger partial charge is 0.351 e. The molecule has 0 radical (unpaired) electrons. The van der Waals surface area contributed by atoms with E-state index < -0.39 is 11.9 Å². The van der Waals surface area contributed by atoms with E-state index in [1.165, 1.54) is 4.68 Å². The van der Waals surface area contributed by atoms with Gasteiger partial charge in [-0.2, -0.15) is 23.4 Å². The number of aryl methyl sites for hydroxylation is 2. The topological polar surface area (TPSA) is 75.6 Å². The first kappa shape index (κ1) is 21.2. The van der Waals surface area contributed by atoms with E-state index in [0.29, 0.717) is 33.4 Å². The highest BCUT2D eigenvalue weighted by atomic mass is 35.5. The predicted octanol–water partition coefficient (Wildman–Crippen LogP) is 4.73. The lowest BCUT2D eigenvalue weighted by Crippen LogP contribution is -2.25. The molecule has 0 saturated carbocycles. The molecule has 0 unspecified atom stereocenters. The molecule has 0 bridgehead atoms. The van der Waals surface area contributed by atoms with Crippen molar-refractivity contribution in [3.8, 4) is 11.3 Å². The number of halogens is 5. The SMILES string of the molecule is Cc1cc(C(F)(F)F)nn1CCCNC(=O)c1cc(-c2ccc(Cl)c(Cl)c2)n[nH]1. The van der Waals surface area contributed by atoms with Crippen molar-refractivity contribution in [2.45, 2.75) is 26.1 Å². The summed E-state index contributed by atoms with van der Waals surface area (Å²) in [6, 6.07) is 7.57. The van der Waals surface area contributed by atoms with Gasteiger partial charge in [-0.15, -0.1) is 0 Å². The number of nitrogens with one attached hydrogen (secondary N) is 2. The van der Waals surface area contributed by atoms with Crippen molar-refractivity contribution in [3.63, 3.8) is 0 Å². The van der Waals surface area contributed by atoms with Gasteiger partial charge in [0.25, 0.3) is 5.91 Å². The molecule has 0 aliphatic carbocycles. The Morgan fingerprint density at radius 3 is 2.62 bits per heavy atom. The molecule has 0 aliphatic heterocycles. The number of alkyl halides is 3. The summed E-state index contributed by atoms with van der Waals surface area (Å²) in [5.74, 6) is -0.378. The number of H-pyrrole nitrogens is 1. The van der Waals surface area contributed by atoms with Crippen LogP contribution < -0.4 is 5.32 Å². The second kappa shape index (κ2) is 8.46. The van der Waals surface area contributed by atoms with Gasteiger partial charge in [0.2, 0.25) is 0 Å². The Kier molecular flexibility index (Phi) is 6.18. The van der Waals surface area contributed by atoms with E-state index >= 15 is 0 Å². The van der Waals surface area contributed by atoms with Gasteiger partial charge in [0.15, 0.2) is 5.69 Å². The van der Waals surface area contributed by atoms with Crippen LogP contribution in [0.4, 0.5) is 13.2 Å². The van der Waals surface area contributed by atoms with Crippen molar-refractivity contribution in [3.05, 3.63) is 57.5 Å². The molecular weight excluding hydrogens is 430 g/mol. The summed E-state index contributed by atoms with van der Waals surface area (Å²) < 4.78 is 39.3. The third kappa shape index (κ3) is 5.10. The summed E-state index contributed by atoms with van der Waals surface area (Å²) in [6.45, 7) is 2.07. The quantitative estimate of drug-likeness (QED) is 0.538. The number of carbonyl (C=O) groups is 1. The summed E-state index contributed by atoms with van der Waals surface area (Å²) in [5, 5.41) is 13.8. The molecule has 2 N–H and O–H groups in total. The van der Waals surface area contributed by atoms with E-state index in [9.17, 15) is 18.0 Å². The maximum atomic E-state index is 12.7. The van der Waals surface area contributed by atoms with Crippen LogP contribution in [0.2, 0.25) is 10.0 Å². The molecule has 1 amide bonds. The third-order valence-corrected chi connectivity index (χ3v) is 4.88. The number of benzene rings is 1. The number of aromatic amines is 1. The number of carbonyl (C=O) groups excluding carboxylic acids is 1. The number of amides is 1. The summed E-state index contributed by atoms with van der Waals surface area (Å²) in [6.07, 6.45) is -4.06. The standard InChI is InChI=1S/C18H16Cl2F3N5O/c1-10-7-16(18(21,22)23)27-28(10)6-2-5-24-17(29)15-9-14(25-26-15)11-3-4-12(19)13(20)8-11/h3-4,7-9H,2,5-6H2,1H3,(H,24,29)(H,25,26). The molecule has 0 atom stereocenters. The van der Waals surface area contributed by atoms with E-state index in [4.69, 9.17) is 23.2 Å². The molecule has 1 aromatic carbocycles. The van der Waals surface area contributed by atoms with E-state index in [2.05, 4.69) is 20.6 Å². The first-order valence-electron chi connectivity index (χ1n) is 8.56. The Hall–Kier alpha value is -2.52. The highest BCUT2D eigenvalue weighted by molar-refractivity contribution is 6.42. The van der Waals surface area contributed by atoms with Gasteiger partial charge in [0.05, 0.1) is 15.7 Å². The average Bonchev–Trinajstić information content (AvgIpc) is 3.28. The van der Waals surface area contributed by atoms with Gasteiger partial charge in [0.1, 0.15) is 5.69 Å². The van der Waals surface area contributed by atoms with Gasteiger partial charge in [-0.3, -0.25) is 14.6 Å². The van der Waals surface area contributed by atoms with E-state index in [0.717, 1.165) is 6.07 Å². The zero-order chi connectivity index (χ0) is 21.2. The largest absolute Gasteiger partial charge is 0.435 e. The Labute approximate surface area is 174 Å². The van der Waals surface area contributed by atoms with Gasteiger partial charge in [-0.05, 0) is 37.6 Å². The second-order valence-electron chi connectivity index (χ2n) is 6.30. The molecule has 0 spiro atoms. The van der Waals surface area contributed by atoms with Crippen LogP contribution in [0.5, 0.6) is 0 Å². The van der Waals surface area contributed by atoms with Gasteiger partial charge in [-0.25, -0.2) is 0 Å². The van der Waals surface area contributed by atoms with Crippen molar-refractivity contribution >= 4 is 29.1 Å². The molecule has 0 fully saturated rings. The van der Waals surface area contributed by atoms with Gasteiger partial charge in [0, 0.05) is 24.3 Å². The third-order valence-electron chi connectivity index (χ3n) is 4.14. The van der Waals surface area contributed by atoms with E-state index in [1.54, 1.807) is 31.2 Å². The molecule has 2 heterocycles. The maximum absolute atomic E-state index is 12.7. The molecule has 3 rings (SSSR count). The molecule has 0 saturated heterocycles. The average molecular weight is 446 g/mol. The minimum Gasteiger partial charge on any atom is -0.351 e. The highest BCUT2D eigenvalue weighted by Gasteiger charge is 2.34. The van der Waals surface area contributed by atoms with Crippen LogP contribution >= 0.6 is 23.2 Å². The predicted molar refractivity (Wildman–Crippen MR) is 103 cm³/mol. The van der Waals surface area contributed by atoms with Gasteiger partial charge >= 0.3 is 6.18 Å². The number of aromatic nitrogens is 4. The monoisotopic (exact) mass is 445 g/mol. The number of hydrogen-bond donors (Lipinski definition) is 2. The van der Waals surface area contributed by atoms with Crippen LogP contribution in [0.15, 0.2) is 30.3 Å². The fourth-order valence-electron chi connectivity index (χ4n) is 2.64. The normalized spacial score (nSPS) is 11.7. The van der Waals surface area contributed by atoms with Crippen LogP contribution in [0.3, 0.4) is 0 Å². The summed E-state index contributed by atoms with van der Waals surface area (Å²) in [4.78, 5) is 12.2. The lowest BCUT2D eigenvalue weighted by molar-refractivity contribution is -0.141. The van der Waals surface area contributed by atoms with Crippen LogP contribution in [0.25, 0.3) is 11.3 Å². The Morgan fingerprint density at radius 1 is 1.21 bits per heavy atom. The molecule has 2 aromatic heterocycles. The van der Waals surface area contributed by atoms with Gasteiger partial charge < -0.3 is 5.32 Å². The van der Waals surface area contributed by atoms with Crippen LogP contribution in [-0.2, 0) is 12.7 Å². The Bertz CT molecular complexity index is 1030. The molecular formula is C18H16Cl2F3N5O. The lowest BCUT2D eigenvalue weighted by Gasteiger charge is -2.06. The highest BCUT2D eigenvalue weighted by Crippen LogP contribution is 2.29. The zero-order valence-electron chi connectivity index (χ0n) is 15.1. The first-order chi connectivity index (χ1) is 13.6. The fraction of sp³-hybridized carbons (Fsp3) is 0.278. The van der Waals surface area contributed by atoms with Crippen LogP contribution in [0.1, 0.15) is 28.3 Å². The van der Waals surface area contributed by atoms with Gasteiger partial charge in [-0.1, -0.05) is 29.3 Å². The number of rotatable bonds is 6. The minimum atomic E-state index is -4.48. The molecule has 154 valence electrons. The first-order valence-corrected chi connectivity index (χ1v) is 9.31.